The Hall–Kier alpha value is -1.10. The van der Waals surface area contributed by atoms with Crippen LogP contribution in [0.15, 0.2) is 18.2 Å². The Morgan fingerprint density at radius 1 is 1.36 bits per heavy atom. The molecule has 2 nitrogen and oxygen atoms in total. The van der Waals surface area contributed by atoms with Gasteiger partial charge in [-0.15, -0.1) is 12.4 Å². The molecule has 0 bridgehead atoms. The lowest BCUT2D eigenvalue weighted by atomic mass is 10.3. The maximum absolute atomic E-state index is 12.5. The molecule has 0 amide bonds. The first-order chi connectivity index (χ1) is 6.09. The fraction of sp³-hybridized carbons (Fsp3) is 0.250. The van der Waals surface area contributed by atoms with Crippen molar-refractivity contribution in [2.75, 3.05) is 12.3 Å². The lowest BCUT2D eigenvalue weighted by Crippen LogP contribution is -2.08. The Morgan fingerprint density at radius 2 is 2.00 bits per heavy atom. The third-order valence-electron chi connectivity index (χ3n) is 1.34. The molecule has 0 unspecified atom stereocenters. The van der Waals surface area contributed by atoms with E-state index in [0.717, 1.165) is 12.1 Å². The maximum atomic E-state index is 12.5. The van der Waals surface area contributed by atoms with Crippen molar-refractivity contribution in [3.05, 3.63) is 24.0 Å². The van der Waals surface area contributed by atoms with Crippen LogP contribution in [0.4, 0.5) is 18.9 Å². The molecule has 6 heteroatoms. The van der Waals surface area contributed by atoms with Gasteiger partial charge in [-0.25, -0.2) is 13.2 Å². The zero-order chi connectivity index (χ0) is 9.84. The number of nitrogens with two attached hydrogens (primary N) is 1. The van der Waals surface area contributed by atoms with Crippen LogP contribution in [0.3, 0.4) is 0 Å². The third-order valence-corrected chi connectivity index (χ3v) is 1.34. The summed E-state index contributed by atoms with van der Waals surface area (Å²) in [5.41, 5.74) is 5.31. The predicted octanol–water partition coefficient (Wildman–Crippen LogP) is 2.47. The minimum atomic E-state index is -2.57. The number of rotatable bonds is 3. The molecule has 1 rings (SSSR count). The van der Waals surface area contributed by atoms with Crippen LogP contribution in [0.2, 0.25) is 0 Å². The minimum Gasteiger partial charge on any atom is -0.485 e. The molecular formula is C8H9ClF3NO. The second kappa shape index (κ2) is 5.59. The number of halogens is 4. The average molecular weight is 228 g/mol. The minimum absolute atomic E-state index is 0. The van der Waals surface area contributed by atoms with Gasteiger partial charge >= 0.3 is 0 Å². The van der Waals surface area contributed by atoms with Crippen LogP contribution in [-0.2, 0) is 0 Å². The first kappa shape index (κ1) is 12.9. The normalized spacial score (nSPS) is 9.71. The summed E-state index contributed by atoms with van der Waals surface area (Å²) in [6, 6.07) is 3.32. The molecular weight excluding hydrogens is 219 g/mol. The Kier molecular flexibility index (Phi) is 5.15. The van der Waals surface area contributed by atoms with Crippen LogP contribution >= 0.6 is 12.4 Å². The molecule has 0 aliphatic heterocycles. The van der Waals surface area contributed by atoms with E-state index < -0.39 is 18.8 Å². The molecule has 2 N–H and O–H groups in total. The molecule has 80 valence electrons. The van der Waals surface area contributed by atoms with Crippen LogP contribution < -0.4 is 10.5 Å². The summed E-state index contributed by atoms with van der Waals surface area (Å²) in [6.07, 6.45) is -2.57. The van der Waals surface area contributed by atoms with Gasteiger partial charge in [0.1, 0.15) is 18.2 Å². The van der Waals surface area contributed by atoms with E-state index in [1.54, 1.807) is 0 Å². The zero-order valence-corrected chi connectivity index (χ0v) is 7.86. The van der Waals surface area contributed by atoms with E-state index in [9.17, 15) is 13.2 Å². The number of nitrogen functional groups attached to an aromatic ring is 1. The topological polar surface area (TPSA) is 35.2 Å². The summed E-state index contributed by atoms with van der Waals surface area (Å²) in [5, 5.41) is 0. The van der Waals surface area contributed by atoms with Gasteiger partial charge in [0.25, 0.3) is 6.43 Å². The quantitative estimate of drug-likeness (QED) is 0.806. The van der Waals surface area contributed by atoms with Gasteiger partial charge in [-0.2, -0.15) is 0 Å². The Labute approximate surface area is 85.3 Å². The molecule has 0 spiro atoms. The highest BCUT2D eigenvalue weighted by Crippen LogP contribution is 2.21. The van der Waals surface area contributed by atoms with Gasteiger partial charge in [0, 0.05) is 6.07 Å². The van der Waals surface area contributed by atoms with Crippen LogP contribution in [0.1, 0.15) is 0 Å². The van der Waals surface area contributed by atoms with Crippen molar-refractivity contribution >= 4 is 18.1 Å². The number of ether oxygens (including phenoxy) is 1. The Balaban J connectivity index is 0.00000169. The summed E-state index contributed by atoms with van der Waals surface area (Å²) in [6.45, 7) is -0.740. The van der Waals surface area contributed by atoms with E-state index >= 15 is 0 Å². The van der Waals surface area contributed by atoms with Gasteiger partial charge in [0.15, 0.2) is 0 Å². The smallest absolute Gasteiger partial charge is 0.272 e. The van der Waals surface area contributed by atoms with Crippen molar-refractivity contribution < 1.29 is 17.9 Å². The monoisotopic (exact) mass is 227 g/mol. The second-order valence-electron chi connectivity index (χ2n) is 2.38. The molecule has 0 aromatic heterocycles. The summed E-state index contributed by atoms with van der Waals surface area (Å²) < 4.78 is 40.5. The average Bonchev–Trinajstić information content (AvgIpc) is 2.02. The number of benzene rings is 1. The van der Waals surface area contributed by atoms with Crippen molar-refractivity contribution in [1.82, 2.24) is 0 Å². The highest BCUT2D eigenvalue weighted by atomic mass is 35.5. The van der Waals surface area contributed by atoms with Gasteiger partial charge in [-0.1, -0.05) is 0 Å². The van der Waals surface area contributed by atoms with Gasteiger partial charge in [-0.05, 0) is 12.1 Å². The van der Waals surface area contributed by atoms with Gasteiger partial charge in [0.05, 0.1) is 5.69 Å². The lowest BCUT2D eigenvalue weighted by molar-refractivity contribution is 0.0822. The molecule has 0 aliphatic carbocycles. The largest absolute Gasteiger partial charge is 0.485 e. The van der Waals surface area contributed by atoms with Crippen molar-refractivity contribution in [2.24, 2.45) is 0 Å². The number of hydrogen-bond donors (Lipinski definition) is 1. The molecule has 0 aliphatic rings. The van der Waals surface area contributed by atoms with Crippen LogP contribution in [0.5, 0.6) is 5.75 Å². The summed E-state index contributed by atoms with van der Waals surface area (Å²) in [5.74, 6) is -0.455. The lowest BCUT2D eigenvalue weighted by Gasteiger charge is -2.07. The summed E-state index contributed by atoms with van der Waals surface area (Å²) in [7, 11) is 0. The highest BCUT2D eigenvalue weighted by molar-refractivity contribution is 5.85. The first-order valence-corrected chi connectivity index (χ1v) is 3.55. The molecule has 0 fully saturated rings. The second-order valence-corrected chi connectivity index (χ2v) is 2.38. The Morgan fingerprint density at radius 3 is 2.50 bits per heavy atom. The highest BCUT2D eigenvalue weighted by Gasteiger charge is 2.06. The van der Waals surface area contributed by atoms with E-state index in [1.165, 1.54) is 6.07 Å². The van der Waals surface area contributed by atoms with Crippen LogP contribution in [0, 0.1) is 5.82 Å². The standard InChI is InChI=1S/C8H8F3NO.ClH/c9-5-1-2-7(6(12)3-5)13-4-8(10)11;/h1-3,8H,4,12H2;1H. The molecule has 14 heavy (non-hydrogen) atoms. The fourth-order valence-electron chi connectivity index (χ4n) is 0.804. The fourth-order valence-corrected chi connectivity index (χ4v) is 0.804. The number of anilines is 1. The molecule has 0 saturated heterocycles. The molecule has 0 atom stereocenters. The maximum Gasteiger partial charge on any atom is 0.272 e. The number of hydrogen-bond acceptors (Lipinski definition) is 2. The van der Waals surface area contributed by atoms with Crippen molar-refractivity contribution in [3.8, 4) is 5.75 Å². The summed E-state index contributed by atoms with van der Waals surface area (Å²) in [4.78, 5) is 0. The van der Waals surface area contributed by atoms with Crippen molar-refractivity contribution in [1.29, 1.82) is 0 Å². The van der Waals surface area contributed by atoms with E-state index in [1.807, 2.05) is 0 Å². The van der Waals surface area contributed by atoms with Crippen molar-refractivity contribution in [2.45, 2.75) is 6.43 Å². The molecule has 0 saturated carbocycles. The van der Waals surface area contributed by atoms with E-state index in [4.69, 9.17) is 5.73 Å². The molecule has 0 radical (unpaired) electrons. The molecule has 1 aromatic rings. The third kappa shape index (κ3) is 3.74. The van der Waals surface area contributed by atoms with Gasteiger partial charge < -0.3 is 10.5 Å². The van der Waals surface area contributed by atoms with E-state index in [2.05, 4.69) is 4.74 Å². The summed E-state index contributed by atoms with van der Waals surface area (Å²) >= 11 is 0. The SMILES string of the molecule is Cl.Nc1cc(F)ccc1OCC(F)F. The van der Waals surface area contributed by atoms with Gasteiger partial charge in [0.2, 0.25) is 0 Å². The predicted molar refractivity (Wildman–Crippen MR) is 49.6 cm³/mol. The van der Waals surface area contributed by atoms with Crippen molar-refractivity contribution in [3.63, 3.8) is 0 Å². The van der Waals surface area contributed by atoms with Crippen LogP contribution in [0.25, 0.3) is 0 Å². The van der Waals surface area contributed by atoms with E-state index in [0.29, 0.717) is 0 Å². The first-order valence-electron chi connectivity index (χ1n) is 3.55. The van der Waals surface area contributed by atoms with Crippen LogP contribution in [-0.4, -0.2) is 13.0 Å². The zero-order valence-electron chi connectivity index (χ0n) is 7.04. The van der Waals surface area contributed by atoms with E-state index in [-0.39, 0.29) is 23.8 Å². The van der Waals surface area contributed by atoms with Gasteiger partial charge in [-0.3, -0.25) is 0 Å². The number of alkyl halides is 2. The molecule has 1 aromatic carbocycles. The molecule has 0 heterocycles. The Bertz CT molecular complexity index is 296.